The fourth-order valence-electron chi connectivity index (χ4n) is 13.4. The Morgan fingerprint density at radius 1 is 0.234 bits per heavy atom. The number of hydrogen-bond donors (Lipinski definition) is 0. The second-order valence-corrected chi connectivity index (χ2v) is 23.0. The van der Waals surface area contributed by atoms with Gasteiger partial charge in [-0.2, -0.15) is 0 Å². The summed E-state index contributed by atoms with van der Waals surface area (Å²) in [7, 11) is 0. The van der Waals surface area contributed by atoms with E-state index in [0.29, 0.717) is 0 Å². The van der Waals surface area contributed by atoms with Crippen LogP contribution in [0.4, 0.5) is 68.2 Å². The predicted molar refractivity (Wildman–Crippen MR) is 327 cm³/mol. The van der Waals surface area contributed by atoms with E-state index in [1.807, 2.05) is 0 Å². The molecule has 17 rings (SSSR count). The molecule has 77 heavy (non-hydrogen) atoms. The number of hydrogen-bond acceptors (Lipinski definition) is 4. The maximum atomic E-state index is 2.70. The molecule has 0 N–H and O–H groups in total. The standard InChI is InChI=1S/C70H44B2N4Se/c1-7-21-45(22-8-1)49-36-38-57-56(39-49)72-66-61(73(57)53-29-15-5-16-30-53)41-51(47-25-11-3-12-26-47)44-64(66)76-59-34-20-19-33-58(59)75-63-43-52(48-27-13-4-14-28-48)42-62-65(63)71(69-67(75)68(76)70(72)77-69)55-37-35-50(46-23-9-2-10-24-46)40-60(55)74(62)54-31-17-6-18-32-54/h1-44H. The molecule has 0 fully saturated rings. The minimum absolute atomic E-state index is 0.000734. The molecule has 0 unspecified atom stereocenters. The molecule has 356 valence electrons. The van der Waals surface area contributed by atoms with Gasteiger partial charge in [0.1, 0.15) is 0 Å². The number of para-hydroxylation sites is 4. The average molecular weight is 1040 g/mol. The zero-order valence-corrected chi connectivity index (χ0v) is 43.5. The molecule has 5 aliphatic rings. The van der Waals surface area contributed by atoms with Crippen molar-refractivity contribution >= 4 is 127 Å². The first-order valence-electron chi connectivity index (χ1n) is 26.7. The predicted octanol–water partition coefficient (Wildman–Crippen LogP) is 13.9. The van der Waals surface area contributed by atoms with Crippen molar-refractivity contribution < 1.29 is 0 Å². The van der Waals surface area contributed by atoms with Crippen LogP contribution in [-0.4, -0.2) is 27.9 Å². The normalized spacial score (nSPS) is 13.6. The van der Waals surface area contributed by atoms with Gasteiger partial charge in [-0.25, -0.2) is 0 Å². The van der Waals surface area contributed by atoms with Crippen LogP contribution in [0, 0.1) is 0 Å². The van der Waals surface area contributed by atoms with Crippen molar-refractivity contribution in [1.82, 2.24) is 0 Å². The van der Waals surface area contributed by atoms with E-state index in [9.17, 15) is 0 Å². The molecule has 7 heteroatoms. The summed E-state index contributed by atoms with van der Waals surface area (Å²) in [6.45, 7) is 0.00905. The van der Waals surface area contributed by atoms with Crippen LogP contribution in [-0.2, 0) is 0 Å². The summed E-state index contributed by atoms with van der Waals surface area (Å²) in [5, 5.41) is 0. The quantitative estimate of drug-likeness (QED) is 0.154. The van der Waals surface area contributed by atoms with Gasteiger partial charge < -0.3 is 0 Å². The van der Waals surface area contributed by atoms with Gasteiger partial charge in [0.2, 0.25) is 0 Å². The van der Waals surface area contributed by atoms with Gasteiger partial charge >= 0.3 is 458 Å². The summed E-state index contributed by atoms with van der Waals surface area (Å²) < 4.78 is 3.04. The third-order valence-corrected chi connectivity index (χ3v) is 19.4. The molecule has 0 atom stereocenters. The van der Waals surface area contributed by atoms with Crippen molar-refractivity contribution in [3.63, 3.8) is 0 Å². The first-order chi connectivity index (χ1) is 38.2. The molecule has 11 aromatic carbocycles. The molecule has 12 aromatic rings. The van der Waals surface area contributed by atoms with Crippen LogP contribution in [0.3, 0.4) is 0 Å². The average Bonchev–Trinajstić information content (AvgIpc) is 4.04. The van der Waals surface area contributed by atoms with Gasteiger partial charge in [-0.15, -0.1) is 0 Å². The van der Waals surface area contributed by atoms with Gasteiger partial charge in [0.05, 0.1) is 0 Å². The molecule has 0 spiro atoms. The Labute approximate surface area is 454 Å². The molecule has 0 saturated carbocycles. The van der Waals surface area contributed by atoms with Crippen LogP contribution in [0.5, 0.6) is 0 Å². The SMILES string of the molecule is c1ccc(-c2ccc3c(c2)B2c4[se]c5c6c4N(c4ccccc4N6c4cc(-c6ccccc6)cc6c4B5c4ccc(-c5ccccc5)cc4N6c4ccccc4)c4cc(-c5ccccc5)cc(c42)N3c2ccccc2)cc1. The van der Waals surface area contributed by atoms with Crippen molar-refractivity contribution in [2.75, 3.05) is 19.6 Å². The van der Waals surface area contributed by atoms with Crippen molar-refractivity contribution in [3.05, 3.63) is 267 Å². The van der Waals surface area contributed by atoms with Crippen molar-refractivity contribution in [2.24, 2.45) is 0 Å². The third kappa shape index (κ3) is 6.24. The Morgan fingerprint density at radius 2 is 0.584 bits per heavy atom. The summed E-state index contributed by atoms with van der Waals surface area (Å²) in [4.78, 5) is 10.5. The van der Waals surface area contributed by atoms with Gasteiger partial charge in [0, 0.05) is 0 Å². The monoisotopic (exact) mass is 1040 g/mol. The van der Waals surface area contributed by atoms with Crippen LogP contribution in [0.25, 0.3) is 44.5 Å². The zero-order valence-electron chi connectivity index (χ0n) is 41.8. The van der Waals surface area contributed by atoms with Crippen LogP contribution in [0.2, 0.25) is 0 Å². The maximum absolute atomic E-state index is 2.70. The molecular weight excluding hydrogens is 997 g/mol. The number of nitrogens with zero attached hydrogens (tertiary/aromatic N) is 4. The summed E-state index contributed by atoms with van der Waals surface area (Å²) in [6.07, 6.45) is 0. The Morgan fingerprint density at radius 3 is 1.05 bits per heavy atom. The van der Waals surface area contributed by atoms with E-state index in [1.165, 1.54) is 132 Å². The minimum atomic E-state index is -0.0854. The van der Waals surface area contributed by atoms with Crippen molar-refractivity contribution in [3.8, 4) is 44.5 Å². The second kappa shape index (κ2) is 16.6. The van der Waals surface area contributed by atoms with Crippen LogP contribution in [0.15, 0.2) is 267 Å². The summed E-state index contributed by atoms with van der Waals surface area (Å²) in [5.74, 6) is 0. The number of benzene rings is 11. The van der Waals surface area contributed by atoms with Crippen LogP contribution < -0.4 is 50.1 Å². The number of anilines is 12. The van der Waals surface area contributed by atoms with Gasteiger partial charge in [-0.1, -0.05) is 0 Å². The van der Waals surface area contributed by atoms with E-state index in [2.05, 4.69) is 287 Å². The molecule has 0 saturated heterocycles. The van der Waals surface area contributed by atoms with E-state index in [1.54, 1.807) is 0 Å². The van der Waals surface area contributed by atoms with E-state index in [0.717, 1.165) is 11.4 Å². The fraction of sp³-hybridized carbons (Fsp3) is 0. The Balaban J connectivity index is 1.01. The molecule has 5 aliphatic heterocycles. The van der Waals surface area contributed by atoms with Crippen LogP contribution >= 0.6 is 0 Å². The molecule has 1 aromatic heterocycles. The van der Waals surface area contributed by atoms with E-state index < -0.39 is 0 Å². The van der Waals surface area contributed by atoms with Crippen molar-refractivity contribution in [1.29, 1.82) is 0 Å². The second-order valence-electron chi connectivity index (χ2n) is 20.8. The Kier molecular flexibility index (Phi) is 9.29. The molecule has 0 radical (unpaired) electrons. The topological polar surface area (TPSA) is 13.0 Å². The Bertz CT molecular complexity index is 4360. The molecular formula is C70H44B2N4Se. The van der Waals surface area contributed by atoms with E-state index >= 15 is 0 Å². The number of fused-ring (bicyclic) bond motifs is 11. The molecule has 4 nitrogen and oxygen atoms in total. The van der Waals surface area contributed by atoms with Crippen molar-refractivity contribution in [2.45, 2.75) is 0 Å². The molecule has 0 aliphatic carbocycles. The first kappa shape index (κ1) is 43.0. The first-order valence-corrected chi connectivity index (χ1v) is 28.4. The van der Waals surface area contributed by atoms with Gasteiger partial charge in [-0.05, 0) is 0 Å². The van der Waals surface area contributed by atoms with E-state index in [-0.39, 0.29) is 27.9 Å². The Hall–Kier alpha value is -9.25. The van der Waals surface area contributed by atoms with E-state index in [4.69, 9.17) is 0 Å². The molecule has 6 heterocycles. The van der Waals surface area contributed by atoms with Gasteiger partial charge in [0.25, 0.3) is 0 Å². The van der Waals surface area contributed by atoms with Crippen LogP contribution in [0.1, 0.15) is 0 Å². The molecule has 0 amide bonds. The summed E-state index contributed by atoms with van der Waals surface area (Å²) in [6, 6.07) is 99.8. The number of rotatable bonds is 6. The van der Waals surface area contributed by atoms with Gasteiger partial charge in [0.15, 0.2) is 0 Å². The zero-order chi connectivity index (χ0) is 50.3. The fourth-order valence-corrected chi connectivity index (χ4v) is 16.7. The third-order valence-electron chi connectivity index (χ3n) is 16.7. The molecule has 0 bridgehead atoms. The summed E-state index contributed by atoms with van der Waals surface area (Å²) >= 11 is -0.0854. The summed E-state index contributed by atoms with van der Waals surface area (Å²) in [5.41, 5.74) is 29.9. The van der Waals surface area contributed by atoms with Gasteiger partial charge in [-0.3, -0.25) is 0 Å².